The number of amides is 1. The molecule has 3 aromatic carbocycles. The Morgan fingerprint density at radius 1 is 0.962 bits per heavy atom. The van der Waals surface area contributed by atoms with Crippen LogP contribution in [0.3, 0.4) is 0 Å². The van der Waals surface area contributed by atoms with E-state index in [2.05, 4.69) is 5.32 Å². The smallest absolute Gasteiger partial charge is 0.255 e. The fourth-order valence-corrected chi connectivity index (χ4v) is 2.95. The summed E-state index contributed by atoms with van der Waals surface area (Å²) in [5.74, 6) is 0.523. The van der Waals surface area contributed by atoms with Gasteiger partial charge in [0.2, 0.25) is 0 Å². The van der Waals surface area contributed by atoms with Gasteiger partial charge < -0.3 is 14.5 Å². The number of furan rings is 1. The Morgan fingerprint density at radius 3 is 2.69 bits per heavy atom. The van der Waals surface area contributed by atoms with Gasteiger partial charge in [-0.25, -0.2) is 0 Å². The molecule has 0 saturated carbocycles. The number of para-hydroxylation sites is 1. The van der Waals surface area contributed by atoms with Gasteiger partial charge in [0.15, 0.2) is 0 Å². The third-order valence-electron chi connectivity index (χ3n) is 4.21. The summed E-state index contributed by atoms with van der Waals surface area (Å²) >= 11 is 0. The number of nitrogens with one attached hydrogen (secondary N) is 1. The van der Waals surface area contributed by atoms with E-state index in [9.17, 15) is 4.79 Å². The number of ether oxygens (including phenoxy) is 1. The van der Waals surface area contributed by atoms with Crippen LogP contribution in [0.5, 0.6) is 5.75 Å². The molecule has 26 heavy (non-hydrogen) atoms. The molecule has 0 aliphatic carbocycles. The van der Waals surface area contributed by atoms with E-state index in [4.69, 9.17) is 9.15 Å². The highest BCUT2D eigenvalue weighted by Crippen LogP contribution is 2.30. The predicted octanol–water partition coefficient (Wildman–Crippen LogP) is 5.63. The van der Waals surface area contributed by atoms with Crippen LogP contribution in [0.2, 0.25) is 0 Å². The van der Waals surface area contributed by atoms with Crippen LogP contribution < -0.4 is 10.1 Å². The standard InChI is InChI=1S/C22H19NO3/c1-2-12-25-17-7-5-6-15(13-17)22(24)23-16-10-11-19-18-8-3-4-9-20(18)26-21(19)14-16/h3-11,13-14H,2,12H2,1H3,(H,23,24). The van der Waals surface area contributed by atoms with Crippen molar-refractivity contribution >= 4 is 33.5 Å². The summed E-state index contributed by atoms with van der Waals surface area (Å²) in [7, 11) is 0. The SMILES string of the molecule is CCCOc1cccc(C(=O)Nc2ccc3c(c2)oc2ccccc23)c1. The van der Waals surface area contributed by atoms with Crippen molar-refractivity contribution < 1.29 is 13.9 Å². The number of carbonyl (C=O) groups excluding carboxylic acids is 1. The quantitative estimate of drug-likeness (QED) is 0.510. The van der Waals surface area contributed by atoms with Gasteiger partial charge >= 0.3 is 0 Å². The molecule has 0 fully saturated rings. The van der Waals surface area contributed by atoms with Crippen molar-refractivity contribution in [3.8, 4) is 5.75 Å². The van der Waals surface area contributed by atoms with Gasteiger partial charge in [0.1, 0.15) is 16.9 Å². The summed E-state index contributed by atoms with van der Waals surface area (Å²) in [4.78, 5) is 12.6. The zero-order valence-corrected chi connectivity index (χ0v) is 14.5. The minimum Gasteiger partial charge on any atom is -0.494 e. The molecule has 0 bridgehead atoms. The highest BCUT2D eigenvalue weighted by molar-refractivity contribution is 6.08. The molecule has 0 aliphatic heterocycles. The second-order valence-electron chi connectivity index (χ2n) is 6.14. The third kappa shape index (κ3) is 3.14. The summed E-state index contributed by atoms with van der Waals surface area (Å²) in [5, 5.41) is 5.03. The van der Waals surface area contributed by atoms with Crippen molar-refractivity contribution in [2.75, 3.05) is 11.9 Å². The highest BCUT2D eigenvalue weighted by atomic mass is 16.5. The van der Waals surface area contributed by atoms with Gasteiger partial charge in [0.05, 0.1) is 6.61 Å². The van der Waals surface area contributed by atoms with Crippen molar-refractivity contribution in [2.45, 2.75) is 13.3 Å². The Hall–Kier alpha value is -3.27. The number of fused-ring (bicyclic) bond motifs is 3. The average molecular weight is 345 g/mol. The lowest BCUT2D eigenvalue weighted by Gasteiger charge is -2.08. The van der Waals surface area contributed by atoms with Gasteiger partial charge in [-0.15, -0.1) is 0 Å². The Kier molecular flexibility index (Phi) is 4.32. The van der Waals surface area contributed by atoms with Crippen molar-refractivity contribution in [3.05, 3.63) is 72.3 Å². The van der Waals surface area contributed by atoms with Crippen molar-refractivity contribution in [1.82, 2.24) is 0 Å². The van der Waals surface area contributed by atoms with Crippen LogP contribution in [-0.2, 0) is 0 Å². The highest BCUT2D eigenvalue weighted by Gasteiger charge is 2.10. The van der Waals surface area contributed by atoms with Crippen LogP contribution >= 0.6 is 0 Å². The van der Waals surface area contributed by atoms with Crippen molar-refractivity contribution in [2.24, 2.45) is 0 Å². The zero-order valence-electron chi connectivity index (χ0n) is 14.5. The Bertz CT molecular complexity index is 1080. The molecule has 4 rings (SSSR count). The largest absolute Gasteiger partial charge is 0.494 e. The maximum atomic E-state index is 12.6. The molecule has 0 aliphatic rings. The number of hydrogen-bond acceptors (Lipinski definition) is 3. The van der Waals surface area contributed by atoms with Crippen LogP contribution in [0, 0.1) is 0 Å². The fourth-order valence-electron chi connectivity index (χ4n) is 2.95. The van der Waals surface area contributed by atoms with E-state index in [0.29, 0.717) is 23.6 Å². The Morgan fingerprint density at radius 2 is 1.81 bits per heavy atom. The fraction of sp³-hybridized carbons (Fsp3) is 0.136. The van der Waals surface area contributed by atoms with E-state index in [0.717, 1.165) is 28.4 Å². The molecule has 4 heteroatoms. The van der Waals surface area contributed by atoms with E-state index >= 15 is 0 Å². The van der Waals surface area contributed by atoms with Gasteiger partial charge in [-0.2, -0.15) is 0 Å². The summed E-state index contributed by atoms with van der Waals surface area (Å²) in [6.07, 6.45) is 0.925. The molecule has 0 radical (unpaired) electrons. The lowest BCUT2D eigenvalue weighted by Crippen LogP contribution is -2.12. The van der Waals surface area contributed by atoms with E-state index in [1.807, 2.05) is 61.5 Å². The minimum atomic E-state index is -0.178. The van der Waals surface area contributed by atoms with E-state index in [1.54, 1.807) is 12.1 Å². The Labute approximate surface area is 151 Å². The maximum Gasteiger partial charge on any atom is 0.255 e. The number of hydrogen-bond donors (Lipinski definition) is 1. The third-order valence-corrected chi connectivity index (χ3v) is 4.21. The molecular formula is C22H19NO3. The van der Waals surface area contributed by atoms with Crippen LogP contribution in [0.4, 0.5) is 5.69 Å². The number of anilines is 1. The molecule has 4 nitrogen and oxygen atoms in total. The number of rotatable bonds is 5. The number of benzene rings is 3. The first-order valence-corrected chi connectivity index (χ1v) is 8.70. The van der Waals surface area contributed by atoms with Gasteiger partial charge in [-0.3, -0.25) is 4.79 Å². The lowest BCUT2D eigenvalue weighted by molar-refractivity contribution is 0.102. The van der Waals surface area contributed by atoms with E-state index < -0.39 is 0 Å². The molecule has 130 valence electrons. The number of carbonyl (C=O) groups is 1. The van der Waals surface area contributed by atoms with Crippen LogP contribution in [0.25, 0.3) is 21.9 Å². The van der Waals surface area contributed by atoms with Crippen LogP contribution in [0.1, 0.15) is 23.7 Å². The van der Waals surface area contributed by atoms with E-state index in [1.165, 1.54) is 0 Å². The van der Waals surface area contributed by atoms with Gasteiger partial charge in [-0.05, 0) is 42.8 Å². The molecule has 0 saturated heterocycles. The first-order valence-electron chi connectivity index (χ1n) is 8.70. The molecule has 1 aromatic heterocycles. The minimum absolute atomic E-state index is 0.178. The monoisotopic (exact) mass is 345 g/mol. The second-order valence-corrected chi connectivity index (χ2v) is 6.14. The zero-order chi connectivity index (χ0) is 17.9. The van der Waals surface area contributed by atoms with Gasteiger partial charge in [0.25, 0.3) is 5.91 Å². The molecule has 0 spiro atoms. The van der Waals surface area contributed by atoms with Crippen molar-refractivity contribution in [3.63, 3.8) is 0 Å². The second kappa shape index (κ2) is 6.92. The van der Waals surface area contributed by atoms with Gasteiger partial charge in [-0.1, -0.05) is 31.2 Å². The summed E-state index contributed by atoms with van der Waals surface area (Å²) in [5.41, 5.74) is 2.85. The van der Waals surface area contributed by atoms with Crippen LogP contribution in [-0.4, -0.2) is 12.5 Å². The summed E-state index contributed by atoms with van der Waals surface area (Å²) in [6.45, 7) is 2.68. The molecule has 0 atom stereocenters. The molecule has 1 heterocycles. The average Bonchev–Trinajstić information content (AvgIpc) is 3.04. The molecular weight excluding hydrogens is 326 g/mol. The summed E-state index contributed by atoms with van der Waals surface area (Å²) < 4.78 is 11.5. The first kappa shape index (κ1) is 16.2. The molecule has 1 amide bonds. The van der Waals surface area contributed by atoms with Crippen LogP contribution in [0.15, 0.2) is 71.1 Å². The van der Waals surface area contributed by atoms with Crippen molar-refractivity contribution in [1.29, 1.82) is 0 Å². The molecule has 4 aromatic rings. The van der Waals surface area contributed by atoms with E-state index in [-0.39, 0.29) is 5.91 Å². The lowest BCUT2D eigenvalue weighted by atomic mass is 10.1. The predicted molar refractivity (Wildman–Crippen MR) is 104 cm³/mol. The first-order chi connectivity index (χ1) is 12.7. The van der Waals surface area contributed by atoms with Gasteiger partial charge in [0, 0.05) is 28.1 Å². The molecule has 0 unspecified atom stereocenters. The maximum absolute atomic E-state index is 12.6. The Balaban J connectivity index is 1.58. The normalized spacial score (nSPS) is 11.0. The topological polar surface area (TPSA) is 51.5 Å². The molecule has 1 N–H and O–H groups in total. The summed E-state index contributed by atoms with van der Waals surface area (Å²) in [6, 6.07) is 20.8.